The number of nitrogens with two attached hydrogens (primary N) is 1. The van der Waals surface area contributed by atoms with Crippen molar-refractivity contribution in [2.24, 2.45) is 17.6 Å². The van der Waals surface area contributed by atoms with Gasteiger partial charge in [0.05, 0.1) is 5.92 Å². The minimum Gasteiger partial charge on any atom is -0.342 e. The summed E-state index contributed by atoms with van der Waals surface area (Å²) < 4.78 is 0. The molecule has 3 rings (SSSR count). The van der Waals surface area contributed by atoms with E-state index >= 15 is 0 Å². The van der Waals surface area contributed by atoms with Crippen molar-refractivity contribution in [2.75, 3.05) is 18.4 Å². The van der Waals surface area contributed by atoms with E-state index in [1.807, 2.05) is 4.90 Å². The number of nitrogens with zero attached hydrogens (tertiary/aromatic N) is 1. The number of piperidine rings is 1. The number of rotatable bonds is 4. The van der Waals surface area contributed by atoms with Gasteiger partial charge in [-0.1, -0.05) is 36.0 Å². The Kier molecular flexibility index (Phi) is 7.01. The molecule has 1 saturated carbocycles. The van der Waals surface area contributed by atoms with Crippen molar-refractivity contribution in [3.63, 3.8) is 0 Å². The molecule has 0 spiro atoms. The van der Waals surface area contributed by atoms with Crippen LogP contribution in [0.1, 0.15) is 44.9 Å². The van der Waals surface area contributed by atoms with Crippen molar-refractivity contribution in [1.82, 2.24) is 4.90 Å². The van der Waals surface area contributed by atoms with E-state index in [2.05, 4.69) is 5.32 Å². The zero-order valence-corrected chi connectivity index (χ0v) is 16.9. The molecule has 1 saturated heterocycles. The number of likely N-dealkylation sites (tertiary alicyclic amines) is 1. The molecule has 2 amide bonds. The van der Waals surface area contributed by atoms with Crippen molar-refractivity contribution >= 4 is 40.7 Å². The molecule has 2 fully saturated rings. The summed E-state index contributed by atoms with van der Waals surface area (Å²) in [6.45, 7) is 1.42. The number of anilines is 1. The Morgan fingerprint density at radius 1 is 1.04 bits per heavy atom. The molecule has 27 heavy (non-hydrogen) atoms. The van der Waals surface area contributed by atoms with Gasteiger partial charge in [-0.25, -0.2) is 0 Å². The maximum absolute atomic E-state index is 12.7. The summed E-state index contributed by atoms with van der Waals surface area (Å²) >= 11 is 11.9. The van der Waals surface area contributed by atoms with E-state index in [0.29, 0.717) is 35.2 Å². The monoisotopic (exact) mass is 411 g/mol. The fraction of sp³-hybridized carbons (Fsp3) is 0.600. The molecule has 7 heteroatoms. The van der Waals surface area contributed by atoms with Crippen molar-refractivity contribution in [1.29, 1.82) is 0 Å². The second-order valence-electron chi connectivity index (χ2n) is 7.73. The maximum atomic E-state index is 12.7. The van der Waals surface area contributed by atoms with Crippen LogP contribution in [0.4, 0.5) is 5.69 Å². The Bertz CT molecular complexity index is 670. The van der Waals surface area contributed by atoms with Gasteiger partial charge in [0.15, 0.2) is 0 Å². The molecule has 1 heterocycles. The molecule has 148 valence electrons. The molecule has 2 aliphatic rings. The molecule has 0 radical (unpaired) electrons. The largest absolute Gasteiger partial charge is 0.342 e. The quantitative estimate of drug-likeness (QED) is 0.783. The molecule has 5 nitrogen and oxygen atoms in total. The number of carbonyl (C=O) groups is 2. The van der Waals surface area contributed by atoms with E-state index in [9.17, 15) is 9.59 Å². The average molecular weight is 412 g/mol. The van der Waals surface area contributed by atoms with Crippen molar-refractivity contribution in [3.8, 4) is 0 Å². The highest BCUT2D eigenvalue weighted by Gasteiger charge is 2.33. The molecule has 1 aliphatic heterocycles. The predicted molar refractivity (Wildman–Crippen MR) is 109 cm³/mol. The van der Waals surface area contributed by atoms with Gasteiger partial charge in [-0.2, -0.15) is 0 Å². The summed E-state index contributed by atoms with van der Waals surface area (Å²) in [5, 5.41) is 3.84. The van der Waals surface area contributed by atoms with Gasteiger partial charge in [-0.3, -0.25) is 9.59 Å². The van der Waals surface area contributed by atoms with Crippen LogP contribution in [-0.4, -0.2) is 35.8 Å². The molecule has 3 N–H and O–H groups in total. The van der Waals surface area contributed by atoms with E-state index in [-0.39, 0.29) is 29.7 Å². The van der Waals surface area contributed by atoms with E-state index in [4.69, 9.17) is 28.9 Å². The molecular weight excluding hydrogens is 385 g/mol. The smallest absolute Gasteiger partial charge is 0.227 e. The fourth-order valence-electron chi connectivity index (χ4n) is 4.16. The first-order valence-corrected chi connectivity index (χ1v) is 10.5. The summed E-state index contributed by atoms with van der Waals surface area (Å²) in [4.78, 5) is 27.0. The molecule has 2 atom stereocenters. The average Bonchev–Trinajstić information content (AvgIpc) is 2.61. The van der Waals surface area contributed by atoms with Gasteiger partial charge in [0.2, 0.25) is 11.8 Å². The van der Waals surface area contributed by atoms with Crippen LogP contribution in [-0.2, 0) is 9.59 Å². The number of halogens is 2. The first-order chi connectivity index (χ1) is 12.9. The minimum absolute atomic E-state index is 0.000674. The van der Waals surface area contributed by atoms with Crippen LogP contribution in [0.2, 0.25) is 10.0 Å². The predicted octanol–water partition coefficient (Wildman–Crippen LogP) is 4.08. The van der Waals surface area contributed by atoms with Crippen molar-refractivity contribution in [3.05, 3.63) is 28.2 Å². The van der Waals surface area contributed by atoms with Crippen LogP contribution >= 0.6 is 23.2 Å². The standard InChI is InChI=1S/C20H27Cl2N3O2/c21-14-10-15(22)12-16(11-14)24-19(26)9-13-5-7-25(8-6-13)20(27)17-3-1-2-4-18(17)23/h10-13,17-18H,1-9,23H2,(H,24,26)/t17-,18-/m0/s1. The molecule has 1 aromatic rings. The second-order valence-corrected chi connectivity index (χ2v) is 8.61. The number of nitrogens with one attached hydrogen (secondary N) is 1. The number of benzene rings is 1. The molecule has 0 aromatic heterocycles. The summed E-state index contributed by atoms with van der Waals surface area (Å²) in [6.07, 6.45) is 6.20. The zero-order chi connectivity index (χ0) is 19.4. The third-order valence-electron chi connectivity index (χ3n) is 5.68. The molecule has 1 aliphatic carbocycles. The second kappa shape index (κ2) is 9.26. The topological polar surface area (TPSA) is 75.4 Å². The summed E-state index contributed by atoms with van der Waals surface area (Å²) in [5.41, 5.74) is 6.76. The van der Waals surface area contributed by atoms with E-state index in [1.54, 1.807) is 18.2 Å². The first-order valence-electron chi connectivity index (χ1n) is 9.72. The van der Waals surface area contributed by atoms with Gasteiger partial charge in [0.25, 0.3) is 0 Å². The molecular formula is C20H27Cl2N3O2. The highest BCUT2D eigenvalue weighted by atomic mass is 35.5. The fourth-order valence-corrected chi connectivity index (χ4v) is 4.68. The van der Waals surface area contributed by atoms with Crippen LogP contribution in [0.3, 0.4) is 0 Å². The highest BCUT2D eigenvalue weighted by molar-refractivity contribution is 6.35. The zero-order valence-electron chi connectivity index (χ0n) is 15.4. The summed E-state index contributed by atoms with van der Waals surface area (Å²) in [6, 6.07) is 4.99. The number of hydrogen-bond acceptors (Lipinski definition) is 3. The highest BCUT2D eigenvalue weighted by Crippen LogP contribution is 2.28. The Morgan fingerprint density at radius 2 is 1.67 bits per heavy atom. The van der Waals surface area contributed by atoms with Crippen LogP contribution in [0, 0.1) is 11.8 Å². The van der Waals surface area contributed by atoms with Gasteiger partial charge in [0, 0.05) is 41.3 Å². The van der Waals surface area contributed by atoms with Gasteiger partial charge < -0.3 is 16.0 Å². The Labute approximate surface area is 170 Å². The Balaban J connectivity index is 1.46. The van der Waals surface area contributed by atoms with Crippen molar-refractivity contribution < 1.29 is 9.59 Å². The lowest BCUT2D eigenvalue weighted by molar-refractivity contribution is -0.138. The summed E-state index contributed by atoms with van der Waals surface area (Å²) in [7, 11) is 0. The lowest BCUT2D eigenvalue weighted by atomic mass is 9.83. The lowest BCUT2D eigenvalue weighted by Gasteiger charge is -2.37. The van der Waals surface area contributed by atoms with Crippen molar-refractivity contribution in [2.45, 2.75) is 51.0 Å². The van der Waals surface area contributed by atoms with Crippen LogP contribution < -0.4 is 11.1 Å². The third-order valence-corrected chi connectivity index (χ3v) is 6.12. The maximum Gasteiger partial charge on any atom is 0.227 e. The normalized spacial score (nSPS) is 23.9. The van der Waals surface area contributed by atoms with Crippen LogP contribution in [0.25, 0.3) is 0 Å². The SMILES string of the molecule is N[C@H]1CCCC[C@@H]1C(=O)N1CCC(CC(=O)Nc2cc(Cl)cc(Cl)c2)CC1. The number of carbonyl (C=O) groups excluding carboxylic acids is 2. The molecule has 0 bridgehead atoms. The van der Waals surface area contributed by atoms with Gasteiger partial charge in [0.1, 0.15) is 0 Å². The first kappa shape index (κ1) is 20.4. The summed E-state index contributed by atoms with van der Waals surface area (Å²) in [5.74, 6) is 0.418. The van der Waals surface area contributed by atoms with E-state index in [0.717, 1.165) is 38.5 Å². The van der Waals surface area contributed by atoms with E-state index < -0.39 is 0 Å². The molecule has 1 aromatic carbocycles. The van der Waals surface area contributed by atoms with Crippen LogP contribution in [0.15, 0.2) is 18.2 Å². The van der Waals surface area contributed by atoms with Gasteiger partial charge in [-0.15, -0.1) is 0 Å². The Hall–Kier alpha value is -1.30. The van der Waals surface area contributed by atoms with E-state index in [1.165, 1.54) is 0 Å². The van der Waals surface area contributed by atoms with Crippen LogP contribution in [0.5, 0.6) is 0 Å². The third kappa shape index (κ3) is 5.59. The molecule has 0 unspecified atom stereocenters. The minimum atomic E-state index is -0.0487. The number of hydrogen-bond donors (Lipinski definition) is 2. The lowest BCUT2D eigenvalue weighted by Crippen LogP contribution is -2.48. The van der Waals surface area contributed by atoms with Gasteiger partial charge >= 0.3 is 0 Å². The number of amides is 2. The van der Waals surface area contributed by atoms with Gasteiger partial charge in [-0.05, 0) is 49.8 Å². The Morgan fingerprint density at radius 3 is 2.30 bits per heavy atom.